The molecule has 0 unspecified atom stereocenters. The molecule has 0 saturated heterocycles. The Morgan fingerprint density at radius 2 is 2.12 bits per heavy atom. The van der Waals surface area contributed by atoms with Gasteiger partial charge in [0, 0.05) is 37.8 Å². The molecule has 0 aliphatic rings. The second-order valence-electron chi connectivity index (χ2n) is 3.74. The summed E-state index contributed by atoms with van der Waals surface area (Å²) in [5, 5.41) is 7.31. The molecule has 0 bridgehead atoms. The van der Waals surface area contributed by atoms with Crippen LogP contribution in [0.1, 0.15) is 19.7 Å². The lowest BCUT2D eigenvalue weighted by Crippen LogP contribution is -2.00. The molecule has 2 heterocycles. The van der Waals surface area contributed by atoms with E-state index in [0.29, 0.717) is 0 Å². The van der Waals surface area contributed by atoms with Crippen molar-refractivity contribution in [3.63, 3.8) is 0 Å². The maximum atomic E-state index is 4.51. The Balaban J connectivity index is 2.43. The summed E-state index contributed by atoms with van der Waals surface area (Å²) in [6, 6.07) is 1.94. The van der Waals surface area contributed by atoms with Gasteiger partial charge in [0.25, 0.3) is 0 Å². The first-order valence-corrected chi connectivity index (χ1v) is 5.85. The first-order chi connectivity index (χ1) is 8.26. The van der Waals surface area contributed by atoms with Gasteiger partial charge in [-0.15, -0.1) is 0 Å². The van der Waals surface area contributed by atoms with Crippen molar-refractivity contribution in [2.75, 3.05) is 12.4 Å². The van der Waals surface area contributed by atoms with Gasteiger partial charge in [0.15, 0.2) is 0 Å². The van der Waals surface area contributed by atoms with Crippen molar-refractivity contribution in [3.05, 3.63) is 24.3 Å². The summed E-state index contributed by atoms with van der Waals surface area (Å²) >= 11 is 0. The first-order valence-electron chi connectivity index (χ1n) is 5.85. The normalized spacial score (nSPS) is 10.5. The van der Waals surface area contributed by atoms with Crippen LogP contribution in [-0.4, -0.2) is 26.8 Å². The Hall–Kier alpha value is -1.91. The number of aromatic nitrogens is 4. The second kappa shape index (κ2) is 4.95. The molecular weight excluding hydrogens is 214 g/mol. The highest BCUT2D eigenvalue weighted by Gasteiger charge is 2.06. The molecule has 2 aromatic rings. The molecule has 0 aliphatic carbocycles. The van der Waals surface area contributed by atoms with Crippen LogP contribution < -0.4 is 5.32 Å². The lowest BCUT2D eigenvalue weighted by molar-refractivity contribution is 0.660. The molecule has 5 heteroatoms. The third kappa shape index (κ3) is 2.43. The zero-order valence-electron chi connectivity index (χ0n) is 10.4. The predicted octanol–water partition coefficient (Wildman–Crippen LogP) is 1.96. The molecule has 2 aromatic heterocycles. The fourth-order valence-electron chi connectivity index (χ4n) is 1.60. The molecule has 2 rings (SSSR count). The van der Waals surface area contributed by atoms with Crippen LogP contribution in [0.25, 0.3) is 11.3 Å². The molecule has 17 heavy (non-hydrogen) atoms. The predicted molar refractivity (Wildman–Crippen MR) is 67.9 cm³/mol. The van der Waals surface area contributed by atoms with E-state index < -0.39 is 0 Å². The number of aryl methyl sites for hydroxylation is 2. The average Bonchev–Trinajstić information content (AvgIpc) is 2.86. The van der Waals surface area contributed by atoms with Crippen LogP contribution in [0.3, 0.4) is 0 Å². The Labute approximate surface area is 101 Å². The lowest BCUT2D eigenvalue weighted by Gasteiger charge is -2.04. The number of rotatable bonds is 4. The Morgan fingerprint density at radius 3 is 2.71 bits per heavy atom. The topological polar surface area (TPSA) is 55.6 Å². The zero-order valence-corrected chi connectivity index (χ0v) is 10.4. The van der Waals surface area contributed by atoms with E-state index in [-0.39, 0.29) is 0 Å². The zero-order chi connectivity index (χ0) is 12.3. The molecule has 0 amide bonds. The highest BCUT2D eigenvalue weighted by molar-refractivity contribution is 5.60. The summed E-state index contributed by atoms with van der Waals surface area (Å²) in [4.78, 5) is 8.89. The van der Waals surface area contributed by atoms with Crippen molar-refractivity contribution in [1.29, 1.82) is 0 Å². The fraction of sp³-hybridized carbons (Fsp3) is 0.417. The van der Waals surface area contributed by atoms with Gasteiger partial charge in [0.05, 0.1) is 11.9 Å². The third-order valence-electron chi connectivity index (χ3n) is 2.60. The van der Waals surface area contributed by atoms with E-state index >= 15 is 0 Å². The minimum absolute atomic E-state index is 0.824. The first kappa shape index (κ1) is 11.6. The Bertz CT molecular complexity index is 481. The van der Waals surface area contributed by atoms with Crippen molar-refractivity contribution < 1.29 is 0 Å². The van der Waals surface area contributed by atoms with Gasteiger partial charge in [-0.25, -0.2) is 9.97 Å². The molecule has 1 N–H and O–H groups in total. The number of anilines is 1. The second-order valence-corrected chi connectivity index (χ2v) is 3.74. The van der Waals surface area contributed by atoms with Crippen molar-refractivity contribution in [3.8, 4) is 11.3 Å². The van der Waals surface area contributed by atoms with E-state index in [1.807, 2.05) is 37.1 Å². The fourth-order valence-corrected chi connectivity index (χ4v) is 1.60. The van der Waals surface area contributed by atoms with E-state index in [2.05, 4.69) is 27.3 Å². The molecule has 5 nitrogen and oxygen atoms in total. The van der Waals surface area contributed by atoms with Crippen LogP contribution in [-0.2, 0) is 13.0 Å². The molecule has 0 spiro atoms. The average molecular weight is 231 g/mol. The van der Waals surface area contributed by atoms with Crippen LogP contribution in [0, 0.1) is 0 Å². The molecular formula is C12H17N5. The van der Waals surface area contributed by atoms with Gasteiger partial charge in [-0.2, -0.15) is 5.10 Å². The van der Waals surface area contributed by atoms with E-state index in [4.69, 9.17) is 0 Å². The minimum Gasteiger partial charge on any atom is -0.373 e. The van der Waals surface area contributed by atoms with Gasteiger partial charge < -0.3 is 5.32 Å². The minimum atomic E-state index is 0.824. The van der Waals surface area contributed by atoms with Crippen LogP contribution in [0.2, 0.25) is 0 Å². The van der Waals surface area contributed by atoms with Crippen molar-refractivity contribution >= 4 is 5.82 Å². The van der Waals surface area contributed by atoms with Crippen molar-refractivity contribution in [1.82, 2.24) is 19.7 Å². The maximum Gasteiger partial charge on any atom is 0.131 e. The van der Waals surface area contributed by atoms with E-state index in [0.717, 1.165) is 35.9 Å². The molecule has 0 radical (unpaired) electrons. The number of nitrogens with one attached hydrogen (secondary N) is 1. The van der Waals surface area contributed by atoms with Crippen LogP contribution in [0.5, 0.6) is 0 Å². The van der Waals surface area contributed by atoms with Crippen LogP contribution in [0.4, 0.5) is 5.82 Å². The van der Waals surface area contributed by atoms with Gasteiger partial charge in [-0.1, -0.05) is 6.92 Å². The Morgan fingerprint density at radius 1 is 1.29 bits per heavy atom. The Kier molecular flexibility index (Phi) is 3.37. The highest BCUT2D eigenvalue weighted by atomic mass is 15.3. The number of nitrogens with zero attached hydrogens (tertiary/aromatic N) is 4. The maximum absolute atomic E-state index is 4.51. The molecule has 90 valence electrons. The molecule has 0 aliphatic heterocycles. The van der Waals surface area contributed by atoms with E-state index in [1.165, 1.54) is 0 Å². The largest absolute Gasteiger partial charge is 0.373 e. The molecule has 0 fully saturated rings. The van der Waals surface area contributed by atoms with Gasteiger partial charge in [0.2, 0.25) is 0 Å². The number of hydrogen-bond acceptors (Lipinski definition) is 4. The summed E-state index contributed by atoms with van der Waals surface area (Å²) in [6.45, 7) is 4.98. The summed E-state index contributed by atoms with van der Waals surface area (Å²) in [6.07, 6.45) is 4.66. The summed E-state index contributed by atoms with van der Waals surface area (Å²) < 4.78 is 1.89. The summed E-state index contributed by atoms with van der Waals surface area (Å²) in [7, 11) is 1.86. The quantitative estimate of drug-likeness (QED) is 0.874. The highest BCUT2D eigenvalue weighted by Crippen LogP contribution is 2.19. The van der Waals surface area contributed by atoms with Gasteiger partial charge in [0.1, 0.15) is 11.6 Å². The third-order valence-corrected chi connectivity index (χ3v) is 2.60. The number of hydrogen-bond donors (Lipinski definition) is 1. The lowest BCUT2D eigenvalue weighted by atomic mass is 10.2. The smallest absolute Gasteiger partial charge is 0.131 e. The van der Waals surface area contributed by atoms with Gasteiger partial charge in [-0.05, 0) is 6.92 Å². The van der Waals surface area contributed by atoms with Gasteiger partial charge in [-0.3, -0.25) is 4.68 Å². The standard InChI is InChI=1S/C12H17N5/c1-4-11-15-10(6-12(13-3)16-11)9-7-14-17(5-2)8-9/h6-8H,4-5H2,1-3H3,(H,13,15,16). The van der Waals surface area contributed by atoms with Gasteiger partial charge >= 0.3 is 0 Å². The monoisotopic (exact) mass is 231 g/mol. The van der Waals surface area contributed by atoms with E-state index in [9.17, 15) is 0 Å². The summed E-state index contributed by atoms with van der Waals surface area (Å²) in [5.41, 5.74) is 1.95. The SMILES string of the molecule is CCc1nc(NC)cc(-c2cnn(CC)c2)n1. The molecule has 0 saturated carbocycles. The summed E-state index contributed by atoms with van der Waals surface area (Å²) in [5.74, 6) is 1.69. The van der Waals surface area contributed by atoms with E-state index in [1.54, 1.807) is 0 Å². The van der Waals surface area contributed by atoms with Crippen molar-refractivity contribution in [2.24, 2.45) is 0 Å². The van der Waals surface area contributed by atoms with Crippen molar-refractivity contribution in [2.45, 2.75) is 26.8 Å². The molecule has 0 aromatic carbocycles. The van der Waals surface area contributed by atoms with Crippen LogP contribution in [0.15, 0.2) is 18.5 Å². The molecule has 0 atom stereocenters. The van der Waals surface area contributed by atoms with Crippen LogP contribution >= 0.6 is 0 Å².